The van der Waals surface area contributed by atoms with Gasteiger partial charge in [-0.2, -0.15) is 0 Å². The molecule has 1 aliphatic rings. The van der Waals surface area contributed by atoms with E-state index in [-0.39, 0.29) is 11.2 Å². The highest BCUT2D eigenvalue weighted by Gasteiger charge is 2.45. The highest BCUT2D eigenvalue weighted by molar-refractivity contribution is 4.84. The molecule has 0 radical (unpaired) electrons. The summed E-state index contributed by atoms with van der Waals surface area (Å²) < 4.78 is 12.0. The van der Waals surface area contributed by atoms with Gasteiger partial charge < -0.3 is 9.47 Å². The van der Waals surface area contributed by atoms with Crippen molar-refractivity contribution in [1.82, 2.24) is 0 Å². The Morgan fingerprint density at radius 2 is 1.21 bits per heavy atom. The minimum absolute atomic E-state index is 0.160. The van der Waals surface area contributed by atoms with Crippen molar-refractivity contribution < 1.29 is 9.47 Å². The predicted molar refractivity (Wildman–Crippen MR) is 58.1 cm³/mol. The van der Waals surface area contributed by atoms with E-state index >= 15 is 0 Å². The second-order valence-electron chi connectivity index (χ2n) is 5.77. The molecule has 1 heterocycles. The Labute approximate surface area is 88.0 Å². The van der Waals surface area contributed by atoms with Crippen LogP contribution in [0.1, 0.15) is 41.5 Å². The molecule has 0 aromatic rings. The third kappa shape index (κ3) is 2.12. The summed E-state index contributed by atoms with van der Waals surface area (Å²) in [6, 6.07) is 0. The molecule has 0 unspecified atom stereocenters. The van der Waals surface area contributed by atoms with Gasteiger partial charge in [0.1, 0.15) is 0 Å². The quantitative estimate of drug-likeness (QED) is 0.682. The fourth-order valence-corrected chi connectivity index (χ4v) is 2.03. The van der Waals surface area contributed by atoms with Gasteiger partial charge in [-0.15, -0.1) is 0 Å². The van der Waals surface area contributed by atoms with Crippen LogP contribution in [0.4, 0.5) is 0 Å². The maximum absolute atomic E-state index is 5.98. The van der Waals surface area contributed by atoms with Gasteiger partial charge in [0.2, 0.25) is 0 Å². The zero-order valence-electron chi connectivity index (χ0n) is 10.4. The molecule has 0 aliphatic carbocycles. The first-order valence-electron chi connectivity index (χ1n) is 5.58. The fraction of sp³-hybridized carbons (Fsp3) is 1.00. The van der Waals surface area contributed by atoms with Crippen LogP contribution in [0.5, 0.6) is 0 Å². The van der Waals surface area contributed by atoms with Crippen LogP contribution in [-0.2, 0) is 9.47 Å². The first-order valence-corrected chi connectivity index (χ1v) is 5.58. The van der Waals surface area contributed by atoms with Gasteiger partial charge in [-0.25, -0.2) is 0 Å². The molecule has 1 fully saturated rings. The molecule has 0 aromatic carbocycles. The Morgan fingerprint density at radius 1 is 0.857 bits per heavy atom. The van der Waals surface area contributed by atoms with Gasteiger partial charge in [-0.05, 0) is 0 Å². The molecule has 0 saturated carbocycles. The Balaban J connectivity index is 2.75. The zero-order chi connectivity index (χ0) is 11.0. The molecular weight excluding hydrogens is 176 g/mol. The summed E-state index contributed by atoms with van der Waals surface area (Å²) in [7, 11) is 0. The lowest BCUT2D eigenvalue weighted by atomic mass is 9.87. The summed E-state index contributed by atoms with van der Waals surface area (Å²) in [6.45, 7) is 14.6. The maximum Gasteiger partial charge on any atom is 0.172 e. The van der Waals surface area contributed by atoms with Gasteiger partial charge in [0.15, 0.2) is 5.79 Å². The Kier molecular flexibility index (Phi) is 3.27. The average Bonchev–Trinajstić information content (AvgIpc) is 2.03. The SMILES string of the molecule is CC(C)C1(C(C)C)OCC(C)(C)CO1. The summed E-state index contributed by atoms with van der Waals surface area (Å²) in [4.78, 5) is 0. The molecular formula is C12H24O2. The molecule has 0 N–H and O–H groups in total. The lowest BCUT2D eigenvalue weighted by molar-refractivity contribution is -0.337. The van der Waals surface area contributed by atoms with E-state index in [0.29, 0.717) is 11.8 Å². The number of hydrogen-bond donors (Lipinski definition) is 0. The molecule has 1 rings (SSSR count). The van der Waals surface area contributed by atoms with Crippen LogP contribution in [0.3, 0.4) is 0 Å². The summed E-state index contributed by atoms with van der Waals surface area (Å²) in [5.74, 6) is 0.437. The molecule has 0 bridgehead atoms. The predicted octanol–water partition coefficient (Wildman–Crippen LogP) is 3.07. The summed E-state index contributed by atoms with van der Waals surface area (Å²) in [5, 5.41) is 0. The van der Waals surface area contributed by atoms with Gasteiger partial charge >= 0.3 is 0 Å². The summed E-state index contributed by atoms with van der Waals surface area (Å²) in [5.41, 5.74) is 0.160. The van der Waals surface area contributed by atoms with Crippen molar-refractivity contribution in [3.05, 3.63) is 0 Å². The fourth-order valence-electron chi connectivity index (χ4n) is 2.03. The van der Waals surface area contributed by atoms with Crippen LogP contribution in [0.25, 0.3) is 0 Å². The topological polar surface area (TPSA) is 18.5 Å². The van der Waals surface area contributed by atoms with Crippen LogP contribution < -0.4 is 0 Å². The molecule has 2 heteroatoms. The van der Waals surface area contributed by atoms with Gasteiger partial charge in [-0.3, -0.25) is 0 Å². The monoisotopic (exact) mass is 200 g/mol. The standard InChI is InChI=1S/C12H24O2/c1-9(2)12(10(3)4)13-7-11(5,6)8-14-12/h9-10H,7-8H2,1-6H3. The summed E-state index contributed by atoms with van der Waals surface area (Å²) >= 11 is 0. The van der Waals surface area contributed by atoms with Crippen molar-refractivity contribution in [2.45, 2.75) is 47.3 Å². The lowest BCUT2D eigenvalue weighted by Crippen LogP contribution is -2.54. The first kappa shape index (κ1) is 12.0. The van der Waals surface area contributed by atoms with E-state index in [4.69, 9.17) is 9.47 Å². The third-order valence-corrected chi connectivity index (χ3v) is 2.99. The molecule has 0 spiro atoms. The first-order chi connectivity index (χ1) is 6.30. The molecule has 0 amide bonds. The van der Waals surface area contributed by atoms with Crippen molar-refractivity contribution >= 4 is 0 Å². The highest BCUT2D eigenvalue weighted by Crippen LogP contribution is 2.38. The van der Waals surface area contributed by atoms with Crippen molar-refractivity contribution in [2.24, 2.45) is 17.3 Å². The van der Waals surface area contributed by atoms with E-state index in [1.807, 2.05) is 0 Å². The van der Waals surface area contributed by atoms with E-state index in [1.54, 1.807) is 0 Å². The molecule has 14 heavy (non-hydrogen) atoms. The minimum Gasteiger partial charge on any atom is -0.349 e. The van der Waals surface area contributed by atoms with Crippen LogP contribution in [0, 0.1) is 17.3 Å². The molecule has 84 valence electrons. The minimum atomic E-state index is -0.366. The Bertz CT molecular complexity index is 174. The Morgan fingerprint density at radius 3 is 1.50 bits per heavy atom. The largest absolute Gasteiger partial charge is 0.349 e. The average molecular weight is 200 g/mol. The van der Waals surface area contributed by atoms with Crippen LogP contribution in [0.15, 0.2) is 0 Å². The van der Waals surface area contributed by atoms with E-state index in [9.17, 15) is 0 Å². The van der Waals surface area contributed by atoms with Crippen molar-refractivity contribution in [3.63, 3.8) is 0 Å². The summed E-state index contributed by atoms with van der Waals surface area (Å²) in [6.07, 6.45) is 0. The van der Waals surface area contributed by atoms with Crippen LogP contribution in [-0.4, -0.2) is 19.0 Å². The number of hydrogen-bond acceptors (Lipinski definition) is 2. The molecule has 1 aliphatic heterocycles. The normalized spacial score (nSPS) is 25.7. The zero-order valence-corrected chi connectivity index (χ0v) is 10.4. The Hall–Kier alpha value is -0.0800. The second-order valence-corrected chi connectivity index (χ2v) is 5.77. The smallest absolute Gasteiger partial charge is 0.172 e. The van der Waals surface area contributed by atoms with Gasteiger partial charge in [-0.1, -0.05) is 41.5 Å². The van der Waals surface area contributed by atoms with E-state index < -0.39 is 0 Å². The second kappa shape index (κ2) is 3.82. The number of ether oxygens (including phenoxy) is 2. The maximum atomic E-state index is 5.98. The molecule has 1 saturated heterocycles. The van der Waals surface area contributed by atoms with Gasteiger partial charge in [0.25, 0.3) is 0 Å². The van der Waals surface area contributed by atoms with E-state index in [1.165, 1.54) is 0 Å². The third-order valence-electron chi connectivity index (χ3n) is 2.99. The van der Waals surface area contributed by atoms with Gasteiger partial charge in [0, 0.05) is 17.3 Å². The van der Waals surface area contributed by atoms with Gasteiger partial charge in [0.05, 0.1) is 13.2 Å². The van der Waals surface area contributed by atoms with Crippen molar-refractivity contribution in [1.29, 1.82) is 0 Å². The highest BCUT2D eigenvalue weighted by atomic mass is 16.7. The molecule has 0 aromatic heterocycles. The van der Waals surface area contributed by atoms with E-state index in [0.717, 1.165) is 13.2 Å². The lowest BCUT2D eigenvalue weighted by Gasteiger charge is -2.48. The van der Waals surface area contributed by atoms with Crippen LogP contribution in [0.2, 0.25) is 0 Å². The van der Waals surface area contributed by atoms with E-state index in [2.05, 4.69) is 41.5 Å². The molecule has 0 atom stereocenters. The van der Waals surface area contributed by atoms with Crippen LogP contribution >= 0.6 is 0 Å². The van der Waals surface area contributed by atoms with Crippen molar-refractivity contribution in [3.8, 4) is 0 Å². The number of rotatable bonds is 2. The molecule has 2 nitrogen and oxygen atoms in total. The van der Waals surface area contributed by atoms with Crippen molar-refractivity contribution in [2.75, 3.05) is 13.2 Å².